The minimum atomic E-state index is 0.937. The number of imidazole rings is 1. The van der Waals surface area contributed by atoms with E-state index >= 15 is 0 Å². The number of para-hydroxylation sites is 4. The second-order valence-electron chi connectivity index (χ2n) is 14.4. The van der Waals surface area contributed by atoms with Crippen LogP contribution < -0.4 is 0 Å². The summed E-state index contributed by atoms with van der Waals surface area (Å²) in [6.45, 7) is 0. The molecule has 4 nitrogen and oxygen atoms in total. The van der Waals surface area contributed by atoms with E-state index in [2.05, 4.69) is 208 Å². The highest BCUT2D eigenvalue weighted by molar-refractivity contribution is 6.21. The van der Waals surface area contributed by atoms with Crippen LogP contribution in [0, 0.1) is 0 Å². The third-order valence-corrected chi connectivity index (χ3v) is 11.4. The molecule has 0 atom stereocenters. The second kappa shape index (κ2) is 11.5. The normalized spacial score (nSPS) is 12.0. The Morgan fingerprint density at radius 3 is 1.55 bits per heavy atom. The van der Waals surface area contributed by atoms with Crippen LogP contribution in [0.3, 0.4) is 0 Å². The first-order chi connectivity index (χ1) is 27.3. The maximum Gasteiger partial charge on any atom is 0.145 e. The van der Waals surface area contributed by atoms with Crippen molar-refractivity contribution in [1.82, 2.24) is 18.7 Å². The molecule has 0 amide bonds. The number of benzene rings is 9. The highest BCUT2D eigenvalue weighted by atomic mass is 15.1. The quantitative estimate of drug-likeness (QED) is 0.168. The fraction of sp³-hybridized carbons (Fsp3) is 0. The standard InChI is InChI=1S/C51H32N4/c1-4-14-34(15-5-1)51-52-44-29-26-33-24-25-35-30-38(27-28-39(35)49(33)50(44)55(51)37-18-8-3-9-19-37)54-46-23-13-11-21-41(46)43-31-42-40-20-10-12-22-45(40)53(47(42)32-48(43)54)36-16-6-2-7-17-36/h1-32H. The molecule has 0 unspecified atom stereocenters. The van der Waals surface area contributed by atoms with Crippen LogP contribution in [-0.2, 0) is 0 Å². The zero-order valence-electron chi connectivity index (χ0n) is 29.8. The number of hydrogen-bond donors (Lipinski definition) is 0. The van der Waals surface area contributed by atoms with Crippen molar-refractivity contribution >= 4 is 76.2 Å². The maximum absolute atomic E-state index is 5.27. The lowest BCUT2D eigenvalue weighted by molar-refractivity contribution is 1.11. The second-order valence-corrected chi connectivity index (χ2v) is 14.4. The van der Waals surface area contributed by atoms with E-state index in [1.165, 1.54) is 65.2 Å². The van der Waals surface area contributed by atoms with E-state index in [0.717, 1.165) is 39.5 Å². The molecule has 0 fully saturated rings. The van der Waals surface area contributed by atoms with Gasteiger partial charge in [-0.2, -0.15) is 0 Å². The van der Waals surface area contributed by atoms with E-state index in [1.54, 1.807) is 0 Å². The van der Waals surface area contributed by atoms with Crippen LogP contribution in [-0.4, -0.2) is 18.7 Å². The smallest absolute Gasteiger partial charge is 0.145 e. The maximum atomic E-state index is 5.27. The molecule has 256 valence electrons. The van der Waals surface area contributed by atoms with Crippen LogP contribution in [0.4, 0.5) is 0 Å². The third-order valence-electron chi connectivity index (χ3n) is 11.4. The van der Waals surface area contributed by atoms with Crippen LogP contribution in [0.5, 0.6) is 0 Å². The zero-order valence-corrected chi connectivity index (χ0v) is 29.8. The number of nitrogens with zero attached hydrogens (tertiary/aromatic N) is 4. The Morgan fingerprint density at radius 2 is 0.873 bits per heavy atom. The summed E-state index contributed by atoms with van der Waals surface area (Å²) in [4.78, 5) is 5.27. The summed E-state index contributed by atoms with van der Waals surface area (Å²) in [7, 11) is 0. The summed E-state index contributed by atoms with van der Waals surface area (Å²) in [5.41, 5.74) is 11.4. The molecular weight excluding hydrogens is 669 g/mol. The van der Waals surface area contributed by atoms with Gasteiger partial charge in [0.15, 0.2) is 0 Å². The van der Waals surface area contributed by atoms with Crippen molar-refractivity contribution in [3.8, 4) is 28.5 Å². The van der Waals surface area contributed by atoms with Gasteiger partial charge in [-0.15, -0.1) is 0 Å². The van der Waals surface area contributed by atoms with Crippen LogP contribution >= 0.6 is 0 Å². The van der Waals surface area contributed by atoms with Gasteiger partial charge in [-0.25, -0.2) is 4.98 Å². The lowest BCUT2D eigenvalue weighted by Gasteiger charge is -2.14. The Bertz CT molecular complexity index is 3460. The first-order valence-electron chi connectivity index (χ1n) is 18.8. The van der Waals surface area contributed by atoms with Crippen molar-refractivity contribution in [2.75, 3.05) is 0 Å². The summed E-state index contributed by atoms with van der Waals surface area (Å²) in [5, 5.41) is 9.80. The molecule has 3 aromatic heterocycles. The van der Waals surface area contributed by atoms with Gasteiger partial charge >= 0.3 is 0 Å². The number of rotatable bonds is 4. The Morgan fingerprint density at radius 1 is 0.327 bits per heavy atom. The molecule has 12 rings (SSSR count). The first kappa shape index (κ1) is 30.1. The fourth-order valence-corrected chi connectivity index (χ4v) is 9.01. The lowest BCUT2D eigenvalue weighted by Crippen LogP contribution is -1.98. The molecule has 0 aliphatic carbocycles. The van der Waals surface area contributed by atoms with E-state index in [1.807, 2.05) is 0 Å². The van der Waals surface area contributed by atoms with Crippen molar-refractivity contribution in [2.24, 2.45) is 0 Å². The van der Waals surface area contributed by atoms with Gasteiger partial charge in [0.25, 0.3) is 0 Å². The van der Waals surface area contributed by atoms with E-state index in [9.17, 15) is 0 Å². The van der Waals surface area contributed by atoms with E-state index in [-0.39, 0.29) is 0 Å². The van der Waals surface area contributed by atoms with Crippen LogP contribution in [0.15, 0.2) is 194 Å². The minimum absolute atomic E-state index is 0.937. The lowest BCUT2D eigenvalue weighted by atomic mass is 10.00. The van der Waals surface area contributed by atoms with E-state index in [4.69, 9.17) is 4.98 Å². The largest absolute Gasteiger partial charge is 0.309 e. The average Bonchev–Trinajstić information content (AvgIpc) is 3.91. The van der Waals surface area contributed by atoms with E-state index < -0.39 is 0 Å². The molecule has 0 bridgehead atoms. The molecule has 0 aliphatic heterocycles. The van der Waals surface area contributed by atoms with Gasteiger partial charge in [-0.1, -0.05) is 127 Å². The highest BCUT2D eigenvalue weighted by Gasteiger charge is 2.21. The molecule has 12 aromatic rings. The van der Waals surface area contributed by atoms with Crippen molar-refractivity contribution in [1.29, 1.82) is 0 Å². The SMILES string of the molecule is c1ccc(-c2nc3ccc4ccc5cc(-n6c7ccccc7c7cc8c9ccccc9n(-c9ccccc9)c8cc76)ccc5c4c3n2-c2ccccc2)cc1. The molecule has 0 radical (unpaired) electrons. The zero-order chi connectivity index (χ0) is 36.0. The Kier molecular flexibility index (Phi) is 6.31. The predicted molar refractivity (Wildman–Crippen MR) is 230 cm³/mol. The number of aromatic nitrogens is 4. The molecule has 4 heteroatoms. The summed E-state index contributed by atoms with van der Waals surface area (Å²) in [6.07, 6.45) is 0. The van der Waals surface area contributed by atoms with Gasteiger partial charge < -0.3 is 9.13 Å². The number of hydrogen-bond acceptors (Lipinski definition) is 1. The summed E-state index contributed by atoms with van der Waals surface area (Å²) >= 11 is 0. The monoisotopic (exact) mass is 700 g/mol. The molecule has 0 spiro atoms. The van der Waals surface area contributed by atoms with Gasteiger partial charge in [0.1, 0.15) is 5.82 Å². The van der Waals surface area contributed by atoms with Gasteiger partial charge in [0.05, 0.1) is 33.1 Å². The first-order valence-corrected chi connectivity index (χ1v) is 18.8. The van der Waals surface area contributed by atoms with Crippen molar-refractivity contribution in [2.45, 2.75) is 0 Å². The molecule has 3 heterocycles. The van der Waals surface area contributed by atoms with Gasteiger partial charge in [0.2, 0.25) is 0 Å². The molecule has 0 N–H and O–H groups in total. The van der Waals surface area contributed by atoms with Gasteiger partial charge in [-0.3, -0.25) is 4.57 Å². The summed E-state index contributed by atoms with van der Waals surface area (Å²) < 4.78 is 7.19. The van der Waals surface area contributed by atoms with Crippen LogP contribution in [0.2, 0.25) is 0 Å². The summed E-state index contributed by atoms with van der Waals surface area (Å²) in [5.74, 6) is 0.937. The molecule has 55 heavy (non-hydrogen) atoms. The van der Waals surface area contributed by atoms with E-state index in [0.29, 0.717) is 0 Å². The molecule has 0 saturated carbocycles. The molecular formula is C51H32N4. The number of fused-ring (bicyclic) bond motifs is 11. The van der Waals surface area contributed by atoms with Crippen LogP contribution in [0.1, 0.15) is 0 Å². The molecule has 0 aliphatic rings. The van der Waals surface area contributed by atoms with Gasteiger partial charge in [-0.05, 0) is 82.9 Å². The summed E-state index contributed by atoms with van der Waals surface area (Å²) in [6, 6.07) is 70.1. The third kappa shape index (κ3) is 4.37. The average molecular weight is 701 g/mol. The topological polar surface area (TPSA) is 27.7 Å². The van der Waals surface area contributed by atoms with Crippen molar-refractivity contribution in [3.05, 3.63) is 194 Å². The van der Waals surface area contributed by atoms with Gasteiger partial charge in [0, 0.05) is 49.6 Å². The Hall–Kier alpha value is -7.43. The predicted octanol–water partition coefficient (Wildman–Crippen LogP) is 13.2. The molecule has 0 saturated heterocycles. The highest BCUT2D eigenvalue weighted by Crippen LogP contribution is 2.41. The van der Waals surface area contributed by atoms with Crippen LogP contribution in [0.25, 0.3) is 105 Å². The Balaban J connectivity index is 1.15. The Labute approximate surface area is 316 Å². The van der Waals surface area contributed by atoms with Crippen molar-refractivity contribution in [3.63, 3.8) is 0 Å². The minimum Gasteiger partial charge on any atom is -0.309 e. The molecule has 9 aromatic carbocycles. The fourth-order valence-electron chi connectivity index (χ4n) is 9.01. The van der Waals surface area contributed by atoms with Crippen molar-refractivity contribution < 1.29 is 0 Å².